The number of nitrogens with zero attached hydrogens (tertiary/aromatic N) is 1. The van der Waals surface area contributed by atoms with Gasteiger partial charge in [0.25, 0.3) is 0 Å². The number of anilines is 1. The Morgan fingerprint density at radius 1 is 1.29 bits per heavy atom. The summed E-state index contributed by atoms with van der Waals surface area (Å²) in [6.07, 6.45) is 1.70. The van der Waals surface area contributed by atoms with Crippen LogP contribution < -0.4 is 15.8 Å². The summed E-state index contributed by atoms with van der Waals surface area (Å²) in [6, 6.07) is 8.65. The van der Waals surface area contributed by atoms with Crippen molar-refractivity contribution in [3.8, 4) is 11.6 Å². The number of nitrogens with two attached hydrogens (primary N) is 1. The van der Waals surface area contributed by atoms with E-state index in [1.54, 1.807) is 19.2 Å². The molecule has 1 unspecified atom stereocenters. The van der Waals surface area contributed by atoms with Crippen LogP contribution in [-0.2, 0) is 4.79 Å². The zero-order valence-corrected chi connectivity index (χ0v) is 12.4. The van der Waals surface area contributed by atoms with Crippen molar-refractivity contribution in [2.45, 2.75) is 26.8 Å². The number of hydrogen-bond donors (Lipinski definition) is 2. The smallest absolute Gasteiger partial charge is 0.241 e. The maximum atomic E-state index is 11.6. The highest BCUT2D eigenvalue weighted by atomic mass is 16.5. The van der Waals surface area contributed by atoms with E-state index in [4.69, 9.17) is 10.5 Å². The second-order valence-corrected chi connectivity index (χ2v) is 5.03. The number of carbonyl (C=O) groups is 1. The lowest BCUT2D eigenvalue weighted by atomic mass is 10.2. The summed E-state index contributed by atoms with van der Waals surface area (Å²) in [7, 11) is 0. The third kappa shape index (κ3) is 4.03. The van der Waals surface area contributed by atoms with Gasteiger partial charge in [-0.25, -0.2) is 4.98 Å². The number of pyridine rings is 1. The molecule has 1 aromatic heterocycles. The topological polar surface area (TPSA) is 77.2 Å². The van der Waals surface area contributed by atoms with E-state index in [9.17, 15) is 4.79 Å². The van der Waals surface area contributed by atoms with Gasteiger partial charge >= 0.3 is 0 Å². The molecule has 0 spiro atoms. The number of rotatable bonds is 4. The zero-order valence-electron chi connectivity index (χ0n) is 12.4. The molecule has 0 aliphatic heterocycles. The third-order valence-electron chi connectivity index (χ3n) is 2.97. The van der Waals surface area contributed by atoms with E-state index in [1.165, 1.54) is 0 Å². The fraction of sp³-hybridized carbons (Fsp3) is 0.250. The first-order valence-electron chi connectivity index (χ1n) is 6.73. The highest BCUT2D eigenvalue weighted by Gasteiger charge is 2.10. The monoisotopic (exact) mass is 285 g/mol. The summed E-state index contributed by atoms with van der Waals surface area (Å²) < 4.78 is 5.78. The van der Waals surface area contributed by atoms with Gasteiger partial charge in [-0.1, -0.05) is 6.07 Å². The number of carbonyl (C=O) groups excluding carboxylic acids is 1. The van der Waals surface area contributed by atoms with Crippen molar-refractivity contribution >= 4 is 11.6 Å². The Labute approximate surface area is 124 Å². The first-order valence-corrected chi connectivity index (χ1v) is 6.73. The lowest BCUT2D eigenvalue weighted by Crippen LogP contribution is -2.32. The molecule has 5 heteroatoms. The second-order valence-electron chi connectivity index (χ2n) is 5.03. The number of nitrogens with one attached hydrogen (secondary N) is 1. The van der Waals surface area contributed by atoms with E-state index in [2.05, 4.69) is 10.3 Å². The first-order chi connectivity index (χ1) is 9.95. The van der Waals surface area contributed by atoms with Crippen LogP contribution in [0.5, 0.6) is 11.6 Å². The normalized spacial score (nSPS) is 11.8. The largest absolute Gasteiger partial charge is 0.439 e. The van der Waals surface area contributed by atoms with E-state index < -0.39 is 6.04 Å². The summed E-state index contributed by atoms with van der Waals surface area (Å²) in [4.78, 5) is 15.8. The van der Waals surface area contributed by atoms with Crippen molar-refractivity contribution < 1.29 is 9.53 Å². The predicted molar refractivity (Wildman–Crippen MR) is 82.5 cm³/mol. The summed E-state index contributed by atoms with van der Waals surface area (Å²) in [6.45, 7) is 5.54. The third-order valence-corrected chi connectivity index (χ3v) is 2.97. The molecule has 0 saturated heterocycles. The Kier molecular flexibility index (Phi) is 4.55. The van der Waals surface area contributed by atoms with Gasteiger partial charge in [-0.05, 0) is 44.0 Å². The molecule has 0 bridgehead atoms. The Bertz CT molecular complexity index is 654. The Hall–Kier alpha value is -2.40. The van der Waals surface area contributed by atoms with Crippen LogP contribution in [0.3, 0.4) is 0 Å². The number of hydrogen-bond acceptors (Lipinski definition) is 4. The van der Waals surface area contributed by atoms with Gasteiger partial charge in [-0.2, -0.15) is 0 Å². The molecule has 0 radical (unpaired) electrons. The molecule has 2 rings (SSSR count). The van der Waals surface area contributed by atoms with Crippen LogP contribution in [-0.4, -0.2) is 16.9 Å². The molecule has 0 aliphatic carbocycles. The Morgan fingerprint density at radius 3 is 2.71 bits per heavy atom. The molecule has 1 atom stereocenters. The van der Waals surface area contributed by atoms with Crippen LogP contribution in [0.4, 0.5) is 5.69 Å². The highest BCUT2D eigenvalue weighted by Crippen LogP contribution is 2.27. The van der Waals surface area contributed by atoms with Crippen molar-refractivity contribution in [1.82, 2.24) is 4.98 Å². The molecular formula is C16H19N3O2. The number of ether oxygens (including phenoxy) is 1. The van der Waals surface area contributed by atoms with Crippen LogP contribution in [0.1, 0.15) is 18.1 Å². The zero-order chi connectivity index (χ0) is 15.4. The summed E-state index contributed by atoms with van der Waals surface area (Å²) in [5, 5.41) is 2.74. The van der Waals surface area contributed by atoms with Crippen molar-refractivity contribution in [3.63, 3.8) is 0 Å². The van der Waals surface area contributed by atoms with Crippen LogP contribution in [0.25, 0.3) is 0 Å². The minimum Gasteiger partial charge on any atom is -0.439 e. The number of aromatic nitrogens is 1. The van der Waals surface area contributed by atoms with Crippen molar-refractivity contribution in [2.75, 3.05) is 5.32 Å². The van der Waals surface area contributed by atoms with E-state index in [-0.39, 0.29) is 5.91 Å². The fourth-order valence-electron chi connectivity index (χ4n) is 1.72. The molecule has 0 saturated carbocycles. The maximum absolute atomic E-state index is 11.6. The average molecular weight is 285 g/mol. The van der Waals surface area contributed by atoms with Crippen LogP contribution >= 0.6 is 0 Å². The molecule has 1 amide bonds. The molecule has 21 heavy (non-hydrogen) atoms. The van der Waals surface area contributed by atoms with E-state index in [1.807, 2.05) is 38.1 Å². The second kappa shape index (κ2) is 6.37. The fourth-order valence-corrected chi connectivity index (χ4v) is 1.72. The van der Waals surface area contributed by atoms with Gasteiger partial charge in [-0.15, -0.1) is 0 Å². The van der Waals surface area contributed by atoms with Gasteiger partial charge < -0.3 is 15.8 Å². The van der Waals surface area contributed by atoms with Gasteiger partial charge in [0, 0.05) is 24.0 Å². The van der Waals surface area contributed by atoms with E-state index in [0.29, 0.717) is 17.3 Å². The van der Waals surface area contributed by atoms with Crippen LogP contribution in [0.15, 0.2) is 36.5 Å². The van der Waals surface area contributed by atoms with E-state index in [0.717, 1.165) is 11.1 Å². The van der Waals surface area contributed by atoms with Gasteiger partial charge in [0.1, 0.15) is 5.75 Å². The quantitative estimate of drug-likeness (QED) is 0.905. The Balaban J connectivity index is 2.21. The lowest BCUT2D eigenvalue weighted by molar-refractivity contribution is -0.117. The van der Waals surface area contributed by atoms with Crippen LogP contribution in [0, 0.1) is 13.8 Å². The van der Waals surface area contributed by atoms with Gasteiger partial charge in [0.05, 0.1) is 6.04 Å². The molecular weight excluding hydrogens is 266 g/mol. The summed E-state index contributed by atoms with van der Waals surface area (Å²) in [5.74, 6) is 0.933. The molecule has 2 aromatic rings. The van der Waals surface area contributed by atoms with Crippen molar-refractivity contribution in [3.05, 3.63) is 47.7 Å². The molecule has 3 N–H and O–H groups in total. The summed E-state index contributed by atoms with van der Waals surface area (Å²) in [5.41, 5.74) is 8.21. The average Bonchev–Trinajstić information content (AvgIpc) is 2.42. The minimum absolute atomic E-state index is 0.238. The van der Waals surface area contributed by atoms with Gasteiger partial charge in [-0.3, -0.25) is 4.79 Å². The SMILES string of the molecule is Cc1ccnc(Oc2cc(NC(=O)C(C)N)ccc2C)c1. The molecule has 0 aliphatic rings. The molecule has 110 valence electrons. The standard InChI is InChI=1S/C16H19N3O2/c1-10-6-7-18-15(8-10)21-14-9-13(5-4-11(14)2)19-16(20)12(3)17/h4-9,12H,17H2,1-3H3,(H,19,20). The van der Waals surface area contributed by atoms with Gasteiger partial charge in [0.15, 0.2) is 0 Å². The van der Waals surface area contributed by atoms with Crippen molar-refractivity contribution in [2.24, 2.45) is 5.73 Å². The number of benzene rings is 1. The van der Waals surface area contributed by atoms with Crippen LogP contribution in [0.2, 0.25) is 0 Å². The number of aryl methyl sites for hydroxylation is 2. The first kappa shape index (κ1) is 15.0. The lowest BCUT2D eigenvalue weighted by Gasteiger charge is -2.12. The molecule has 1 aromatic carbocycles. The van der Waals surface area contributed by atoms with Gasteiger partial charge in [0.2, 0.25) is 11.8 Å². The highest BCUT2D eigenvalue weighted by molar-refractivity contribution is 5.94. The van der Waals surface area contributed by atoms with E-state index >= 15 is 0 Å². The maximum Gasteiger partial charge on any atom is 0.241 e. The summed E-state index contributed by atoms with van der Waals surface area (Å²) >= 11 is 0. The van der Waals surface area contributed by atoms with Crippen molar-refractivity contribution in [1.29, 1.82) is 0 Å². The molecule has 0 fully saturated rings. The molecule has 5 nitrogen and oxygen atoms in total. The minimum atomic E-state index is -0.561. The Morgan fingerprint density at radius 2 is 2.05 bits per heavy atom. The molecule has 1 heterocycles. The number of amides is 1. The predicted octanol–water partition coefficient (Wildman–Crippen LogP) is 2.78.